The number of aryl methyl sites for hydroxylation is 1. The van der Waals surface area contributed by atoms with Crippen LogP contribution in [0.1, 0.15) is 71.4 Å². The monoisotopic (exact) mass is 675 g/mol. The highest BCUT2D eigenvalue weighted by Crippen LogP contribution is 2.18. The predicted molar refractivity (Wildman–Crippen MR) is 215 cm³/mol. The van der Waals surface area contributed by atoms with Crippen LogP contribution in [0.5, 0.6) is 0 Å². The maximum absolute atomic E-state index is 7.74. The third-order valence-electron chi connectivity index (χ3n) is 7.51. The highest BCUT2D eigenvalue weighted by Gasteiger charge is 2.22. The van der Waals surface area contributed by atoms with Crippen molar-refractivity contribution >= 4 is 5.96 Å². The average Bonchev–Trinajstić information content (AvgIpc) is 3.33. The molecule has 1 fully saturated rings. The Hall–Kier alpha value is -4.17. The molecule has 3 rings (SSSR count). The second-order valence-corrected chi connectivity index (χ2v) is 13.1. The Morgan fingerprint density at radius 2 is 1.47 bits per heavy atom. The zero-order chi connectivity index (χ0) is 37.0. The number of rotatable bonds is 14. The predicted octanol–water partition coefficient (Wildman–Crippen LogP) is 7.12. The van der Waals surface area contributed by atoms with Gasteiger partial charge in [-0.2, -0.15) is 0 Å². The van der Waals surface area contributed by atoms with Gasteiger partial charge in [0.1, 0.15) is 0 Å². The van der Waals surface area contributed by atoms with Gasteiger partial charge in [-0.15, -0.1) is 0 Å². The first-order valence-electron chi connectivity index (χ1n) is 17.9. The molecule has 1 saturated heterocycles. The summed E-state index contributed by atoms with van der Waals surface area (Å²) in [6, 6.07) is 21.0. The van der Waals surface area contributed by atoms with Crippen molar-refractivity contribution in [2.24, 2.45) is 29.0 Å². The van der Waals surface area contributed by atoms with Crippen LogP contribution in [0.25, 0.3) is 0 Å². The van der Waals surface area contributed by atoms with Crippen molar-refractivity contribution in [3.05, 3.63) is 121 Å². The first-order valence-corrected chi connectivity index (χ1v) is 17.9. The lowest BCUT2D eigenvalue weighted by Crippen LogP contribution is -2.42. The normalized spacial score (nSPS) is 13.8. The molecule has 9 N–H and O–H groups in total. The van der Waals surface area contributed by atoms with E-state index in [1.54, 1.807) is 0 Å². The van der Waals surface area contributed by atoms with Gasteiger partial charge in [-0.25, -0.2) is 0 Å². The van der Waals surface area contributed by atoms with E-state index in [4.69, 9.17) is 16.9 Å². The largest absolute Gasteiger partial charge is 0.405 e. The van der Waals surface area contributed by atoms with E-state index in [0.717, 1.165) is 75.6 Å². The average molecular weight is 675 g/mol. The zero-order valence-electron chi connectivity index (χ0n) is 31.7. The third-order valence-corrected chi connectivity index (χ3v) is 7.51. The molecule has 2 aromatic rings. The lowest BCUT2D eigenvalue weighted by molar-refractivity contribution is 0.317. The van der Waals surface area contributed by atoms with Crippen LogP contribution in [0.15, 0.2) is 110 Å². The molecule has 0 radical (unpaired) electrons. The summed E-state index contributed by atoms with van der Waals surface area (Å²) in [4.78, 5) is 4.25. The van der Waals surface area contributed by atoms with Crippen LogP contribution in [-0.4, -0.2) is 61.1 Å². The summed E-state index contributed by atoms with van der Waals surface area (Å²) in [7, 11) is 0. The lowest BCUT2D eigenvalue weighted by atomic mass is 9.97. The number of allylic oxidation sites excluding steroid dienone is 2. The van der Waals surface area contributed by atoms with Gasteiger partial charge in [0.15, 0.2) is 5.96 Å². The van der Waals surface area contributed by atoms with E-state index >= 15 is 0 Å². The van der Waals surface area contributed by atoms with Gasteiger partial charge in [-0.3, -0.25) is 5.41 Å². The summed E-state index contributed by atoms with van der Waals surface area (Å²) in [5, 5.41) is 15.0. The molecule has 2 atom stereocenters. The number of benzene rings is 2. The molecule has 0 saturated carbocycles. The molecular weight excluding hydrogens is 605 g/mol. The van der Waals surface area contributed by atoms with Gasteiger partial charge in [0.2, 0.25) is 0 Å². The fourth-order valence-corrected chi connectivity index (χ4v) is 5.10. The lowest BCUT2D eigenvalue weighted by Gasteiger charge is -2.33. The smallest absolute Gasteiger partial charge is 0.188 e. The van der Waals surface area contributed by atoms with Gasteiger partial charge in [0.05, 0.1) is 12.6 Å². The molecule has 274 valence electrons. The number of nitrogens with one attached hydrogen (secondary N) is 3. The molecule has 8 nitrogen and oxygen atoms in total. The van der Waals surface area contributed by atoms with Crippen LogP contribution in [-0.2, 0) is 6.42 Å². The molecule has 0 aromatic heterocycles. The van der Waals surface area contributed by atoms with Crippen molar-refractivity contribution in [2.75, 3.05) is 39.3 Å². The van der Waals surface area contributed by atoms with Gasteiger partial charge >= 0.3 is 0 Å². The zero-order valence-corrected chi connectivity index (χ0v) is 31.7. The number of nitrogens with two attached hydrogens (primary N) is 3. The van der Waals surface area contributed by atoms with Crippen molar-refractivity contribution in [3.8, 4) is 0 Å². The van der Waals surface area contributed by atoms with Crippen molar-refractivity contribution in [1.82, 2.24) is 20.4 Å². The van der Waals surface area contributed by atoms with Crippen LogP contribution >= 0.6 is 0 Å². The second kappa shape index (κ2) is 27.7. The minimum absolute atomic E-state index is 0.0806. The first kappa shape index (κ1) is 44.8. The van der Waals surface area contributed by atoms with E-state index in [2.05, 4.69) is 131 Å². The Bertz CT molecular complexity index is 1190. The maximum atomic E-state index is 7.74. The van der Waals surface area contributed by atoms with Crippen LogP contribution in [0.4, 0.5) is 0 Å². The molecular formula is C41H70N8. The Morgan fingerprint density at radius 3 is 1.96 bits per heavy atom. The standard InChI is InChI=1S/C28H47N7.C7H8.C4H10.C2H5N/c1-5-11-26(22(2)20-25-12-7-6-8-13-25)32-21-23(3)33-27(14-9-15-29)24(4)34-16-10-17-35(19-18-34)28(30)31;1-7-5-3-2-4-6-7;1-4(2)3;1-2-3/h6-8,11-13,22,27,32-33H,3-5,9-10,14-21,29H2,1-2H3,(H3,30,31);2-6H,1H3;4H,1-3H3;2H,1,3H2. The van der Waals surface area contributed by atoms with Gasteiger partial charge in [-0.1, -0.05) is 127 Å². The van der Waals surface area contributed by atoms with Gasteiger partial charge in [0.25, 0.3) is 0 Å². The SMILES string of the molecule is C=C(CNC(=CCC)C(C)Cc1ccccc1)NC(CCCN)C(=C)N1CCCN(C(=N)N)CC1.C=CN.CC(C)C.Cc1ccccc1. The Morgan fingerprint density at radius 1 is 0.939 bits per heavy atom. The minimum Gasteiger partial charge on any atom is -0.405 e. The Kier molecular flexibility index (Phi) is 25.4. The van der Waals surface area contributed by atoms with E-state index < -0.39 is 0 Å². The molecule has 0 amide bonds. The summed E-state index contributed by atoms with van der Waals surface area (Å²) >= 11 is 0. The van der Waals surface area contributed by atoms with Gasteiger partial charge in [0, 0.05) is 43.3 Å². The second-order valence-electron chi connectivity index (χ2n) is 13.1. The van der Waals surface area contributed by atoms with Crippen LogP contribution in [0.2, 0.25) is 0 Å². The third kappa shape index (κ3) is 22.2. The van der Waals surface area contributed by atoms with Gasteiger partial charge in [-0.05, 0) is 69.2 Å². The van der Waals surface area contributed by atoms with E-state index in [0.29, 0.717) is 19.0 Å². The summed E-state index contributed by atoms with van der Waals surface area (Å²) in [6.07, 6.45) is 8.30. The Balaban J connectivity index is 0.00000137. The molecule has 8 heteroatoms. The summed E-state index contributed by atoms with van der Waals surface area (Å²) in [5.41, 5.74) is 22.1. The number of guanidine groups is 1. The number of hydrogen-bond acceptors (Lipinski definition) is 6. The molecule has 1 heterocycles. The molecule has 49 heavy (non-hydrogen) atoms. The topological polar surface area (TPSA) is 132 Å². The van der Waals surface area contributed by atoms with E-state index in [9.17, 15) is 0 Å². The quantitative estimate of drug-likeness (QED) is 0.0929. The van der Waals surface area contributed by atoms with Crippen molar-refractivity contribution < 1.29 is 0 Å². The summed E-state index contributed by atoms with van der Waals surface area (Å²) < 4.78 is 0. The molecule has 0 spiro atoms. The molecule has 0 bridgehead atoms. The van der Waals surface area contributed by atoms with Crippen molar-refractivity contribution in [1.29, 1.82) is 5.41 Å². The first-order chi connectivity index (χ1) is 23.4. The van der Waals surface area contributed by atoms with Crippen LogP contribution in [0.3, 0.4) is 0 Å². The van der Waals surface area contributed by atoms with Crippen molar-refractivity contribution in [3.63, 3.8) is 0 Å². The maximum Gasteiger partial charge on any atom is 0.188 e. The summed E-state index contributed by atoms with van der Waals surface area (Å²) in [5.74, 6) is 1.38. The fourth-order valence-electron chi connectivity index (χ4n) is 5.10. The van der Waals surface area contributed by atoms with E-state index in [1.165, 1.54) is 23.0 Å². The number of hydrogen-bond donors (Lipinski definition) is 6. The Labute approximate surface area is 300 Å². The van der Waals surface area contributed by atoms with Gasteiger partial charge < -0.3 is 37.6 Å². The molecule has 2 unspecified atom stereocenters. The molecule has 1 aliphatic heterocycles. The molecule has 0 aliphatic carbocycles. The van der Waals surface area contributed by atoms with Crippen LogP contribution < -0.4 is 27.8 Å². The van der Waals surface area contributed by atoms with E-state index in [-0.39, 0.29) is 12.0 Å². The highest BCUT2D eigenvalue weighted by atomic mass is 15.3. The van der Waals surface area contributed by atoms with Crippen molar-refractivity contribution in [2.45, 2.75) is 79.7 Å². The van der Waals surface area contributed by atoms with E-state index in [1.807, 2.05) is 23.1 Å². The highest BCUT2D eigenvalue weighted by molar-refractivity contribution is 5.74. The molecule has 2 aromatic carbocycles. The molecule has 1 aliphatic rings. The summed E-state index contributed by atoms with van der Waals surface area (Å²) in [6.45, 7) is 29.5. The van der Waals surface area contributed by atoms with Crippen LogP contribution in [0, 0.1) is 24.2 Å². The minimum atomic E-state index is 0.0806. The fraction of sp³-hybridized carbons (Fsp3) is 0.488. The number of nitrogens with zero attached hydrogens (tertiary/aromatic N) is 2.